The average Bonchev–Trinajstić information content (AvgIpc) is 2.80. The number of carbonyl (C=O) groups excluding carboxylic acids is 1. The normalized spacial score (nSPS) is 14.4. The van der Waals surface area contributed by atoms with Gasteiger partial charge in [0.15, 0.2) is 6.61 Å². The van der Waals surface area contributed by atoms with Gasteiger partial charge in [0.25, 0.3) is 6.29 Å². The van der Waals surface area contributed by atoms with Crippen molar-refractivity contribution in [3.8, 4) is 0 Å². The van der Waals surface area contributed by atoms with Crippen LogP contribution in [0, 0.1) is 0 Å². The SMILES string of the molecule is O=C(OCC1OC=CO1)c1ccccc1. The van der Waals surface area contributed by atoms with Crippen LogP contribution >= 0.6 is 0 Å². The third-order valence-electron chi connectivity index (χ3n) is 1.88. The topological polar surface area (TPSA) is 44.8 Å². The molecule has 0 amide bonds. The molecule has 0 bridgehead atoms. The van der Waals surface area contributed by atoms with E-state index in [9.17, 15) is 4.79 Å². The molecule has 0 saturated heterocycles. The highest BCUT2D eigenvalue weighted by atomic mass is 16.7. The zero-order valence-electron chi connectivity index (χ0n) is 7.96. The monoisotopic (exact) mass is 206 g/mol. The number of ether oxygens (including phenoxy) is 3. The van der Waals surface area contributed by atoms with E-state index >= 15 is 0 Å². The molecule has 78 valence electrons. The Hall–Kier alpha value is -1.97. The van der Waals surface area contributed by atoms with Crippen LogP contribution in [-0.2, 0) is 14.2 Å². The summed E-state index contributed by atoms with van der Waals surface area (Å²) in [6.45, 7) is 0.0841. The fraction of sp³-hybridized carbons (Fsp3) is 0.182. The summed E-state index contributed by atoms with van der Waals surface area (Å²) in [5.41, 5.74) is 0.517. The molecule has 0 spiro atoms. The van der Waals surface area contributed by atoms with Crippen molar-refractivity contribution in [1.82, 2.24) is 0 Å². The van der Waals surface area contributed by atoms with Crippen LogP contribution in [0.1, 0.15) is 10.4 Å². The Labute approximate surface area is 87.1 Å². The number of benzene rings is 1. The van der Waals surface area contributed by atoms with Crippen LogP contribution in [0.2, 0.25) is 0 Å². The summed E-state index contributed by atoms with van der Waals surface area (Å²) in [7, 11) is 0. The zero-order valence-corrected chi connectivity index (χ0v) is 7.96. The molecular weight excluding hydrogens is 196 g/mol. The minimum atomic E-state index is -0.516. The van der Waals surface area contributed by atoms with Crippen LogP contribution in [0.5, 0.6) is 0 Å². The van der Waals surface area contributed by atoms with Crippen molar-refractivity contribution >= 4 is 5.97 Å². The van der Waals surface area contributed by atoms with Crippen molar-refractivity contribution in [2.45, 2.75) is 6.29 Å². The van der Waals surface area contributed by atoms with Crippen LogP contribution < -0.4 is 0 Å². The highest BCUT2D eigenvalue weighted by Crippen LogP contribution is 2.07. The van der Waals surface area contributed by atoms with E-state index in [1.807, 2.05) is 6.07 Å². The van der Waals surface area contributed by atoms with Crippen molar-refractivity contribution in [3.63, 3.8) is 0 Å². The van der Waals surface area contributed by atoms with Gasteiger partial charge in [0.2, 0.25) is 0 Å². The molecule has 0 aromatic heterocycles. The quantitative estimate of drug-likeness (QED) is 0.706. The molecule has 0 radical (unpaired) electrons. The summed E-state index contributed by atoms with van der Waals surface area (Å²) in [5, 5.41) is 0. The number of hydrogen-bond donors (Lipinski definition) is 0. The summed E-state index contributed by atoms with van der Waals surface area (Å²) >= 11 is 0. The van der Waals surface area contributed by atoms with Crippen molar-refractivity contribution in [2.24, 2.45) is 0 Å². The van der Waals surface area contributed by atoms with Crippen LogP contribution in [0.4, 0.5) is 0 Å². The maximum atomic E-state index is 11.4. The van der Waals surface area contributed by atoms with Gasteiger partial charge in [0, 0.05) is 0 Å². The Bertz CT molecular complexity index is 350. The Kier molecular flexibility index (Phi) is 2.88. The van der Waals surface area contributed by atoms with Gasteiger partial charge in [-0.25, -0.2) is 4.79 Å². The second kappa shape index (κ2) is 4.50. The van der Waals surface area contributed by atoms with Crippen molar-refractivity contribution in [3.05, 3.63) is 48.4 Å². The number of rotatable bonds is 3. The van der Waals surface area contributed by atoms with E-state index in [4.69, 9.17) is 14.2 Å². The summed E-state index contributed by atoms with van der Waals surface area (Å²) in [4.78, 5) is 11.4. The predicted octanol–water partition coefficient (Wildman–Crippen LogP) is 1.69. The lowest BCUT2D eigenvalue weighted by atomic mass is 10.2. The first-order valence-electron chi connectivity index (χ1n) is 4.54. The molecular formula is C11H10O4. The molecule has 0 unspecified atom stereocenters. The third-order valence-corrected chi connectivity index (χ3v) is 1.88. The molecule has 1 aliphatic heterocycles. The molecule has 1 aliphatic rings. The minimum Gasteiger partial charge on any atom is -0.456 e. The third kappa shape index (κ3) is 2.49. The summed E-state index contributed by atoms with van der Waals surface area (Å²) in [5.74, 6) is -0.380. The van der Waals surface area contributed by atoms with E-state index < -0.39 is 6.29 Å². The molecule has 0 N–H and O–H groups in total. The van der Waals surface area contributed by atoms with Gasteiger partial charge in [0.05, 0.1) is 5.56 Å². The van der Waals surface area contributed by atoms with Crippen molar-refractivity contribution in [2.75, 3.05) is 6.61 Å². The lowest BCUT2D eigenvalue weighted by Gasteiger charge is -2.10. The molecule has 4 nitrogen and oxygen atoms in total. The van der Waals surface area contributed by atoms with Crippen LogP contribution in [0.3, 0.4) is 0 Å². The molecule has 15 heavy (non-hydrogen) atoms. The minimum absolute atomic E-state index is 0.0841. The van der Waals surface area contributed by atoms with E-state index in [1.54, 1.807) is 24.3 Å². The first-order valence-corrected chi connectivity index (χ1v) is 4.54. The Morgan fingerprint density at radius 1 is 1.20 bits per heavy atom. The van der Waals surface area contributed by atoms with E-state index in [0.29, 0.717) is 5.56 Å². The van der Waals surface area contributed by atoms with E-state index in [-0.39, 0.29) is 12.6 Å². The molecule has 0 saturated carbocycles. The fourth-order valence-corrected chi connectivity index (χ4v) is 1.15. The summed E-state index contributed by atoms with van der Waals surface area (Å²) in [6, 6.07) is 8.78. The molecule has 0 fully saturated rings. The Morgan fingerprint density at radius 2 is 1.87 bits per heavy atom. The highest BCUT2D eigenvalue weighted by Gasteiger charge is 2.15. The van der Waals surface area contributed by atoms with E-state index in [1.165, 1.54) is 12.5 Å². The second-order valence-corrected chi connectivity index (χ2v) is 2.94. The number of carbonyl (C=O) groups is 1. The van der Waals surface area contributed by atoms with Crippen molar-refractivity contribution < 1.29 is 19.0 Å². The van der Waals surface area contributed by atoms with E-state index in [2.05, 4.69) is 0 Å². The maximum Gasteiger partial charge on any atom is 0.338 e. The fourth-order valence-electron chi connectivity index (χ4n) is 1.15. The van der Waals surface area contributed by atoms with Gasteiger partial charge in [-0.05, 0) is 12.1 Å². The first kappa shape index (κ1) is 9.58. The molecule has 1 heterocycles. The molecule has 0 aliphatic carbocycles. The highest BCUT2D eigenvalue weighted by molar-refractivity contribution is 5.89. The maximum absolute atomic E-state index is 11.4. The lowest BCUT2D eigenvalue weighted by Crippen LogP contribution is -2.19. The van der Waals surface area contributed by atoms with Gasteiger partial charge in [0.1, 0.15) is 12.5 Å². The molecule has 1 aromatic carbocycles. The van der Waals surface area contributed by atoms with Gasteiger partial charge in [-0.1, -0.05) is 18.2 Å². The van der Waals surface area contributed by atoms with Gasteiger partial charge in [-0.2, -0.15) is 0 Å². The zero-order chi connectivity index (χ0) is 10.5. The van der Waals surface area contributed by atoms with E-state index in [0.717, 1.165) is 0 Å². The Balaban J connectivity index is 1.82. The van der Waals surface area contributed by atoms with Gasteiger partial charge in [-0.15, -0.1) is 0 Å². The largest absolute Gasteiger partial charge is 0.456 e. The number of hydrogen-bond acceptors (Lipinski definition) is 4. The molecule has 2 rings (SSSR count). The second-order valence-electron chi connectivity index (χ2n) is 2.94. The van der Waals surface area contributed by atoms with Gasteiger partial charge in [-0.3, -0.25) is 0 Å². The van der Waals surface area contributed by atoms with Crippen LogP contribution in [-0.4, -0.2) is 18.9 Å². The van der Waals surface area contributed by atoms with Crippen molar-refractivity contribution in [1.29, 1.82) is 0 Å². The summed E-state index contributed by atoms with van der Waals surface area (Å²) in [6.07, 6.45) is 2.32. The van der Waals surface area contributed by atoms with Gasteiger partial charge < -0.3 is 14.2 Å². The summed E-state index contributed by atoms with van der Waals surface area (Å²) < 4.78 is 14.9. The Morgan fingerprint density at radius 3 is 2.53 bits per heavy atom. The standard InChI is InChI=1S/C11H10O4/c12-11(9-4-2-1-3-5-9)15-8-10-13-6-7-14-10/h1-7,10H,8H2. The van der Waals surface area contributed by atoms with Gasteiger partial charge >= 0.3 is 5.97 Å². The lowest BCUT2D eigenvalue weighted by molar-refractivity contribution is -0.0669. The van der Waals surface area contributed by atoms with Crippen LogP contribution in [0.15, 0.2) is 42.9 Å². The predicted molar refractivity (Wildman–Crippen MR) is 51.8 cm³/mol. The number of esters is 1. The van der Waals surface area contributed by atoms with Crippen LogP contribution in [0.25, 0.3) is 0 Å². The molecule has 0 atom stereocenters. The molecule has 4 heteroatoms. The molecule has 1 aromatic rings. The smallest absolute Gasteiger partial charge is 0.338 e. The average molecular weight is 206 g/mol. The first-order chi connectivity index (χ1) is 7.36.